The van der Waals surface area contributed by atoms with Crippen molar-refractivity contribution in [2.24, 2.45) is 0 Å². The van der Waals surface area contributed by atoms with E-state index in [1.807, 2.05) is 4.90 Å². The van der Waals surface area contributed by atoms with Crippen LogP contribution in [0, 0.1) is 0 Å². The first-order valence-corrected chi connectivity index (χ1v) is 8.59. The summed E-state index contributed by atoms with van der Waals surface area (Å²) >= 11 is 0. The lowest BCUT2D eigenvalue weighted by Gasteiger charge is -2.15. The van der Waals surface area contributed by atoms with E-state index < -0.39 is 0 Å². The molecule has 0 saturated carbocycles. The maximum absolute atomic E-state index is 11.4. The molecule has 1 fully saturated rings. The number of rotatable bonds is 11. The number of amides is 1. The average molecular weight is 303 g/mol. The Labute approximate surface area is 134 Å². The van der Waals surface area contributed by atoms with Crippen LogP contribution in [0.1, 0.15) is 31.2 Å². The lowest BCUT2D eigenvalue weighted by atomic mass is 10.1. The van der Waals surface area contributed by atoms with Crippen molar-refractivity contribution in [1.82, 2.24) is 15.5 Å². The summed E-state index contributed by atoms with van der Waals surface area (Å²) in [6, 6.07) is 10.6. The molecule has 0 aliphatic carbocycles. The Hall–Kier alpha value is -1.39. The molecule has 1 aromatic rings. The normalized spacial score (nSPS) is 14.7. The van der Waals surface area contributed by atoms with Crippen LogP contribution in [0.2, 0.25) is 0 Å². The SMILES string of the molecule is O=C1CCCN1CCCNCCNCCCc1ccccc1. The lowest BCUT2D eigenvalue weighted by molar-refractivity contribution is -0.127. The van der Waals surface area contributed by atoms with Gasteiger partial charge in [-0.1, -0.05) is 30.3 Å². The van der Waals surface area contributed by atoms with Gasteiger partial charge in [0.1, 0.15) is 0 Å². The molecule has 1 aliphatic rings. The second-order valence-corrected chi connectivity index (χ2v) is 5.93. The average Bonchev–Trinajstić information content (AvgIpc) is 2.95. The van der Waals surface area contributed by atoms with Gasteiger partial charge in [0, 0.05) is 32.6 Å². The molecule has 122 valence electrons. The van der Waals surface area contributed by atoms with Gasteiger partial charge in [-0.15, -0.1) is 0 Å². The third-order valence-electron chi connectivity index (χ3n) is 4.09. The van der Waals surface area contributed by atoms with Crippen LogP contribution >= 0.6 is 0 Å². The number of carbonyl (C=O) groups is 1. The fourth-order valence-electron chi connectivity index (χ4n) is 2.82. The molecule has 22 heavy (non-hydrogen) atoms. The molecular formula is C18H29N3O. The summed E-state index contributed by atoms with van der Waals surface area (Å²) < 4.78 is 0. The van der Waals surface area contributed by atoms with Gasteiger partial charge in [-0.25, -0.2) is 0 Å². The molecular weight excluding hydrogens is 274 g/mol. The van der Waals surface area contributed by atoms with Gasteiger partial charge in [0.25, 0.3) is 0 Å². The number of benzene rings is 1. The quantitative estimate of drug-likeness (QED) is 0.613. The predicted octanol–water partition coefficient (Wildman–Crippen LogP) is 1.81. The highest BCUT2D eigenvalue weighted by Crippen LogP contribution is 2.09. The van der Waals surface area contributed by atoms with Crippen LogP contribution in [-0.2, 0) is 11.2 Å². The van der Waals surface area contributed by atoms with Gasteiger partial charge in [0.05, 0.1) is 0 Å². The Kier molecular flexibility index (Phi) is 7.99. The number of aryl methyl sites for hydroxylation is 1. The zero-order chi connectivity index (χ0) is 15.5. The maximum Gasteiger partial charge on any atom is 0.222 e. The van der Waals surface area contributed by atoms with Crippen molar-refractivity contribution in [2.45, 2.75) is 32.1 Å². The highest BCUT2D eigenvalue weighted by molar-refractivity contribution is 5.77. The van der Waals surface area contributed by atoms with Gasteiger partial charge in [-0.3, -0.25) is 4.79 Å². The van der Waals surface area contributed by atoms with Crippen LogP contribution in [-0.4, -0.2) is 50.1 Å². The van der Waals surface area contributed by atoms with Crippen LogP contribution in [0.15, 0.2) is 30.3 Å². The van der Waals surface area contributed by atoms with Gasteiger partial charge in [-0.2, -0.15) is 0 Å². The molecule has 4 nitrogen and oxygen atoms in total. The predicted molar refractivity (Wildman–Crippen MR) is 90.9 cm³/mol. The number of nitrogens with one attached hydrogen (secondary N) is 2. The van der Waals surface area contributed by atoms with E-state index in [4.69, 9.17) is 0 Å². The molecule has 2 rings (SSSR count). The highest BCUT2D eigenvalue weighted by atomic mass is 16.2. The van der Waals surface area contributed by atoms with Gasteiger partial charge >= 0.3 is 0 Å². The van der Waals surface area contributed by atoms with Crippen LogP contribution < -0.4 is 10.6 Å². The number of hydrogen-bond donors (Lipinski definition) is 2. The minimum Gasteiger partial charge on any atom is -0.343 e. The van der Waals surface area contributed by atoms with E-state index in [-0.39, 0.29) is 0 Å². The standard InChI is InChI=1S/C18H29N3O/c22-18-10-5-15-21(18)16-6-12-20-14-13-19-11-4-9-17-7-2-1-3-8-17/h1-3,7-8,19-20H,4-6,9-16H2. The fraction of sp³-hybridized carbons (Fsp3) is 0.611. The first kappa shape index (κ1) is 17.0. The van der Waals surface area contributed by atoms with Crippen LogP contribution in [0.4, 0.5) is 0 Å². The topological polar surface area (TPSA) is 44.4 Å². The third kappa shape index (κ3) is 6.58. The third-order valence-corrected chi connectivity index (χ3v) is 4.09. The summed E-state index contributed by atoms with van der Waals surface area (Å²) in [5, 5.41) is 6.90. The van der Waals surface area contributed by atoms with Crippen LogP contribution in [0.3, 0.4) is 0 Å². The summed E-state index contributed by atoms with van der Waals surface area (Å²) in [6.45, 7) is 5.95. The number of likely N-dealkylation sites (tertiary alicyclic amines) is 1. The smallest absolute Gasteiger partial charge is 0.222 e. The molecule has 1 aromatic carbocycles. The van der Waals surface area contributed by atoms with E-state index >= 15 is 0 Å². The zero-order valence-corrected chi connectivity index (χ0v) is 13.5. The Morgan fingerprint density at radius 3 is 2.36 bits per heavy atom. The molecule has 1 amide bonds. The van der Waals surface area contributed by atoms with E-state index in [9.17, 15) is 4.79 Å². The highest BCUT2D eigenvalue weighted by Gasteiger charge is 2.18. The van der Waals surface area contributed by atoms with E-state index in [1.165, 1.54) is 12.0 Å². The summed E-state index contributed by atoms with van der Waals surface area (Å²) in [5.41, 5.74) is 1.42. The second kappa shape index (κ2) is 10.4. The summed E-state index contributed by atoms with van der Waals surface area (Å²) in [5.74, 6) is 0.333. The van der Waals surface area contributed by atoms with E-state index in [0.717, 1.165) is 65.0 Å². The summed E-state index contributed by atoms with van der Waals surface area (Å²) in [6.07, 6.45) is 5.17. The van der Waals surface area contributed by atoms with Crippen molar-refractivity contribution in [3.8, 4) is 0 Å². The van der Waals surface area contributed by atoms with Crippen molar-refractivity contribution < 1.29 is 4.79 Å². The molecule has 0 radical (unpaired) electrons. The van der Waals surface area contributed by atoms with Crippen LogP contribution in [0.5, 0.6) is 0 Å². The molecule has 0 spiro atoms. The molecule has 1 heterocycles. The number of nitrogens with zero attached hydrogens (tertiary/aromatic N) is 1. The number of carbonyl (C=O) groups excluding carboxylic acids is 1. The molecule has 1 saturated heterocycles. The molecule has 1 aliphatic heterocycles. The van der Waals surface area contributed by atoms with Gasteiger partial charge in [0.15, 0.2) is 0 Å². The van der Waals surface area contributed by atoms with E-state index in [0.29, 0.717) is 5.91 Å². The van der Waals surface area contributed by atoms with Gasteiger partial charge in [0.2, 0.25) is 5.91 Å². The maximum atomic E-state index is 11.4. The molecule has 4 heteroatoms. The Bertz CT molecular complexity index is 422. The second-order valence-electron chi connectivity index (χ2n) is 5.93. The monoisotopic (exact) mass is 303 g/mol. The first-order chi connectivity index (χ1) is 10.9. The minimum absolute atomic E-state index is 0.333. The van der Waals surface area contributed by atoms with Crippen molar-refractivity contribution >= 4 is 5.91 Å². The summed E-state index contributed by atoms with van der Waals surface area (Å²) in [4.78, 5) is 13.4. The lowest BCUT2D eigenvalue weighted by Crippen LogP contribution is -2.31. The molecule has 0 unspecified atom stereocenters. The number of hydrogen-bond acceptors (Lipinski definition) is 3. The fourth-order valence-corrected chi connectivity index (χ4v) is 2.82. The van der Waals surface area contributed by atoms with Gasteiger partial charge < -0.3 is 15.5 Å². The Balaban J connectivity index is 1.35. The van der Waals surface area contributed by atoms with E-state index in [2.05, 4.69) is 41.0 Å². The van der Waals surface area contributed by atoms with E-state index in [1.54, 1.807) is 0 Å². The van der Waals surface area contributed by atoms with Crippen molar-refractivity contribution in [3.63, 3.8) is 0 Å². The molecule has 0 atom stereocenters. The minimum atomic E-state index is 0.333. The zero-order valence-electron chi connectivity index (χ0n) is 13.5. The Morgan fingerprint density at radius 2 is 1.68 bits per heavy atom. The summed E-state index contributed by atoms with van der Waals surface area (Å²) in [7, 11) is 0. The van der Waals surface area contributed by atoms with Crippen LogP contribution in [0.25, 0.3) is 0 Å². The first-order valence-electron chi connectivity index (χ1n) is 8.59. The molecule has 0 aromatic heterocycles. The largest absolute Gasteiger partial charge is 0.343 e. The van der Waals surface area contributed by atoms with Crippen molar-refractivity contribution in [1.29, 1.82) is 0 Å². The molecule has 2 N–H and O–H groups in total. The Morgan fingerprint density at radius 1 is 0.955 bits per heavy atom. The molecule has 0 bridgehead atoms. The van der Waals surface area contributed by atoms with Gasteiger partial charge in [-0.05, 0) is 44.3 Å². The van der Waals surface area contributed by atoms with Crippen molar-refractivity contribution in [3.05, 3.63) is 35.9 Å². The van der Waals surface area contributed by atoms with Crippen molar-refractivity contribution in [2.75, 3.05) is 39.3 Å².